The van der Waals surface area contributed by atoms with Gasteiger partial charge in [0.25, 0.3) is 5.91 Å². The van der Waals surface area contributed by atoms with Crippen molar-refractivity contribution in [1.82, 2.24) is 9.88 Å². The van der Waals surface area contributed by atoms with Gasteiger partial charge in [-0.05, 0) is 31.9 Å². The molecule has 5 heteroatoms. The number of hydrogen-bond acceptors (Lipinski definition) is 4. The highest BCUT2D eigenvalue weighted by Gasteiger charge is 2.30. The summed E-state index contributed by atoms with van der Waals surface area (Å²) in [6, 6.07) is 3.42. The summed E-state index contributed by atoms with van der Waals surface area (Å²) >= 11 is 0. The van der Waals surface area contributed by atoms with Crippen molar-refractivity contribution in [3.05, 3.63) is 29.6 Å². The van der Waals surface area contributed by atoms with E-state index in [2.05, 4.69) is 16.8 Å². The molecule has 0 aromatic carbocycles. The third-order valence-corrected chi connectivity index (χ3v) is 3.44. The fourth-order valence-corrected chi connectivity index (χ4v) is 2.15. The van der Waals surface area contributed by atoms with E-state index < -0.39 is 5.60 Å². The zero-order chi connectivity index (χ0) is 14.6. The predicted molar refractivity (Wildman–Crippen MR) is 74.0 cm³/mol. The molecule has 0 aliphatic carbocycles. The monoisotopic (exact) mass is 274 g/mol. The summed E-state index contributed by atoms with van der Waals surface area (Å²) in [6.45, 7) is 2.55. The van der Waals surface area contributed by atoms with Crippen LogP contribution in [0.1, 0.15) is 35.8 Å². The van der Waals surface area contributed by atoms with Crippen molar-refractivity contribution < 1.29 is 15.0 Å². The van der Waals surface area contributed by atoms with Crippen LogP contribution in [0.2, 0.25) is 0 Å². The molecule has 0 unspecified atom stereocenters. The molecule has 0 radical (unpaired) electrons. The van der Waals surface area contributed by atoms with Crippen LogP contribution in [0.5, 0.6) is 0 Å². The molecular formula is C15H18N2O3. The Kier molecular flexibility index (Phi) is 4.38. The van der Waals surface area contributed by atoms with Gasteiger partial charge in [0, 0.05) is 19.3 Å². The fraction of sp³-hybridized carbons (Fsp3) is 0.467. The second kappa shape index (κ2) is 6.04. The maximum atomic E-state index is 12.4. The number of likely N-dealkylation sites (tertiary alicyclic amines) is 1. The van der Waals surface area contributed by atoms with E-state index in [1.165, 1.54) is 0 Å². The molecule has 0 atom stereocenters. The van der Waals surface area contributed by atoms with E-state index in [9.17, 15) is 9.90 Å². The SMILES string of the molecule is CC1(O)CCN(C(=O)c2ncccc2C#CCO)CC1. The van der Waals surface area contributed by atoms with Crippen molar-refractivity contribution in [3.63, 3.8) is 0 Å². The minimum absolute atomic E-state index is 0.177. The molecule has 0 bridgehead atoms. The zero-order valence-electron chi connectivity index (χ0n) is 11.5. The summed E-state index contributed by atoms with van der Waals surface area (Å²) in [7, 11) is 0. The molecule has 1 aliphatic heterocycles. The van der Waals surface area contributed by atoms with E-state index in [4.69, 9.17) is 5.11 Å². The molecule has 2 N–H and O–H groups in total. The maximum absolute atomic E-state index is 12.4. The minimum Gasteiger partial charge on any atom is -0.390 e. The molecule has 0 spiro atoms. The first-order valence-electron chi connectivity index (χ1n) is 6.60. The van der Waals surface area contributed by atoms with Crippen molar-refractivity contribution in [2.75, 3.05) is 19.7 Å². The molecule has 2 rings (SSSR count). The number of nitrogens with zero attached hydrogens (tertiary/aromatic N) is 2. The predicted octanol–water partition coefficient (Wildman–Crippen LogP) is 0.412. The molecular weight excluding hydrogens is 256 g/mol. The number of carbonyl (C=O) groups is 1. The lowest BCUT2D eigenvalue weighted by molar-refractivity contribution is -0.00220. The van der Waals surface area contributed by atoms with Crippen LogP contribution in [0.3, 0.4) is 0 Å². The number of rotatable bonds is 1. The Balaban J connectivity index is 2.18. The quantitative estimate of drug-likeness (QED) is 0.728. The first-order chi connectivity index (χ1) is 9.53. The molecule has 106 valence electrons. The number of amides is 1. The molecule has 1 aromatic heterocycles. The smallest absolute Gasteiger partial charge is 0.273 e. The molecule has 0 saturated carbocycles. The van der Waals surface area contributed by atoms with Crippen LogP contribution >= 0.6 is 0 Å². The second-order valence-corrected chi connectivity index (χ2v) is 5.15. The summed E-state index contributed by atoms with van der Waals surface area (Å²) < 4.78 is 0. The Morgan fingerprint density at radius 1 is 1.50 bits per heavy atom. The van der Waals surface area contributed by atoms with E-state index >= 15 is 0 Å². The first kappa shape index (κ1) is 14.5. The van der Waals surface area contributed by atoms with Crippen LogP contribution in [0.25, 0.3) is 0 Å². The third-order valence-electron chi connectivity index (χ3n) is 3.44. The van der Waals surface area contributed by atoms with Gasteiger partial charge in [0.15, 0.2) is 0 Å². The molecule has 1 fully saturated rings. The highest BCUT2D eigenvalue weighted by Crippen LogP contribution is 2.22. The van der Waals surface area contributed by atoms with Gasteiger partial charge in [-0.2, -0.15) is 0 Å². The van der Waals surface area contributed by atoms with Crippen LogP contribution in [-0.2, 0) is 0 Å². The van der Waals surface area contributed by atoms with E-state index in [1.54, 1.807) is 30.2 Å². The summed E-state index contributed by atoms with van der Waals surface area (Å²) in [5, 5.41) is 18.7. The van der Waals surface area contributed by atoms with E-state index in [-0.39, 0.29) is 12.5 Å². The van der Waals surface area contributed by atoms with E-state index in [1.807, 2.05) is 0 Å². The molecule has 1 aliphatic rings. The molecule has 2 heterocycles. The second-order valence-electron chi connectivity index (χ2n) is 5.15. The van der Waals surface area contributed by atoms with Gasteiger partial charge in [-0.25, -0.2) is 4.98 Å². The van der Waals surface area contributed by atoms with Crippen molar-refractivity contribution >= 4 is 5.91 Å². The Bertz CT molecular complexity index is 548. The molecule has 1 aromatic rings. The summed E-state index contributed by atoms with van der Waals surface area (Å²) in [6.07, 6.45) is 2.67. The molecule has 1 saturated heterocycles. The lowest BCUT2D eigenvalue weighted by Gasteiger charge is -2.35. The summed E-state index contributed by atoms with van der Waals surface area (Å²) in [5.74, 6) is 5.09. The number of aliphatic hydroxyl groups is 2. The number of pyridine rings is 1. The normalized spacial score (nSPS) is 17.2. The van der Waals surface area contributed by atoms with E-state index in [0.717, 1.165) is 0 Å². The van der Waals surface area contributed by atoms with Crippen LogP contribution in [0.15, 0.2) is 18.3 Å². The highest BCUT2D eigenvalue weighted by atomic mass is 16.3. The number of hydrogen-bond donors (Lipinski definition) is 2. The van der Waals surface area contributed by atoms with Gasteiger partial charge in [0.2, 0.25) is 0 Å². The van der Waals surface area contributed by atoms with Crippen LogP contribution in [0, 0.1) is 11.8 Å². The lowest BCUT2D eigenvalue weighted by atomic mass is 9.93. The number of carbonyl (C=O) groups excluding carboxylic acids is 1. The number of aromatic nitrogens is 1. The minimum atomic E-state index is -0.694. The number of piperidine rings is 1. The largest absolute Gasteiger partial charge is 0.390 e. The van der Waals surface area contributed by atoms with Crippen molar-refractivity contribution in [2.45, 2.75) is 25.4 Å². The third kappa shape index (κ3) is 3.35. The molecule has 5 nitrogen and oxygen atoms in total. The molecule has 20 heavy (non-hydrogen) atoms. The van der Waals surface area contributed by atoms with Gasteiger partial charge < -0.3 is 15.1 Å². The number of aliphatic hydroxyl groups excluding tert-OH is 1. The Hall–Kier alpha value is -1.90. The van der Waals surface area contributed by atoms with Gasteiger partial charge in [-0.15, -0.1) is 0 Å². The Morgan fingerprint density at radius 2 is 2.20 bits per heavy atom. The Morgan fingerprint density at radius 3 is 2.85 bits per heavy atom. The lowest BCUT2D eigenvalue weighted by Crippen LogP contribution is -2.45. The topological polar surface area (TPSA) is 73.7 Å². The van der Waals surface area contributed by atoms with Gasteiger partial charge >= 0.3 is 0 Å². The van der Waals surface area contributed by atoms with Crippen LogP contribution in [-0.4, -0.2) is 51.3 Å². The van der Waals surface area contributed by atoms with Gasteiger partial charge in [-0.1, -0.05) is 11.8 Å². The maximum Gasteiger partial charge on any atom is 0.273 e. The average Bonchev–Trinajstić information content (AvgIpc) is 2.45. The van der Waals surface area contributed by atoms with Crippen LogP contribution in [0.4, 0.5) is 0 Å². The van der Waals surface area contributed by atoms with Crippen molar-refractivity contribution in [3.8, 4) is 11.8 Å². The fourth-order valence-electron chi connectivity index (χ4n) is 2.15. The van der Waals surface area contributed by atoms with Gasteiger partial charge in [0.1, 0.15) is 12.3 Å². The zero-order valence-corrected chi connectivity index (χ0v) is 11.5. The molecule has 1 amide bonds. The van der Waals surface area contributed by atoms with Crippen LogP contribution < -0.4 is 0 Å². The van der Waals surface area contributed by atoms with Crippen molar-refractivity contribution in [1.29, 1.82) is 0 Å². The average molecular weight is 274 g/mol. The van der Waals surface area contributed by atoms with Crippen molar-refractivity contribution in [2.24, 2.45) is 0 Å². The highest BCUT2D eigenvalue weighted by molar-refractivity contribution is 5.94. The van der Waals surface area contributed by atoms with Gasteiger partial charge in [0.05, 0.1) is 11.2 Å². The first-order valence-corrected chi connectivity index (χ1v) is 6.60. The summed E-state index contributed by atoms with van der Waals surface area (Å²) in [4.78, 5) is 18.2. The van der Waals surface area contributed by atoms with Gasteiger partial charge in [-0.3, -0.25) is 4.79 Å². The summed E-state index contributed by atoms with van der Waals surface area (Å²) in [5.41, 5.74) is 0.124. The Labute approximate surface area is 118 Å². The standard InChI is InChI=1S/C15H18N2O3/c1-15(20)6-9-17(10-7-15)14(19)13-12(5-3-11-18)4-2-8-16-13/h2,4,8,18,20H,6-7,9-11H2,1H3. The van der Waals surface area contributed by atoms with E-state index in [0.29, 0.717) is 37.2 Å².